The Kier molecular flexibility index (Phi) is 5.37. The van der Waals surface area contributed by atoms with Crippen LogP contribution in [0.1, 0.15) is 34.7 Å². The van der Waals surface area contributed by atoms with Crippen molar-refractivity contribution < 1.29 is 9.47 Å². The largest absolute Gasteiger partial charge is 0.493 e. The number of ether oxygens (including phenoxy) is 2. The predicted octanol–water partition coefficient (Wildman–Crippen LogP) is 3.80. The van der Waals surface area contributed by atoms with Crippen molar-refractivity contribution in [2.75, 3.05) is 27.0 Å². The first-order chi connectivity index (χ1) is 13.6. The highest BCUT2D eigenvalue weighted by atomic mass is 32.1. The zero-order chi connectivity index (χ0) is 19.7. The zero-order valence-electron chi connectivity index (χ0n) is 16.6. The molecule has 0 fully saturated rings. The topological polar surface area (TPSA) is 73.5 Å². The first-order valence-corrected chi connectivity index (χ1v) is 10.4. The summed E-state index contributed by atoms with van der Waals surface area (Å²) in [4.78, 5) is 14.1. The van der Waals surface area contributed by atoms with E-state index < -0.39 is 0 Å². The van der Waals surface area contributed by atoms with Crippen LogP contribution in [0.5, 0.6) is 11.5 Å². The van der Waals surface area contributed by atoms with Gasteiger partial charge in [0, 0.05) is 11.4 Å². The molecule has 2 N–H and O–H groups in total. The minimum atomic E-state index is 0.624. The summed E-state index contributed by atoms with van der Waals surface area (Å²) in [6.07, 6.45) is 4.73. The number of rotatable bonds is 6. The highest BCUT2D eigenvalue weighted by Crippen LogP contribution is 2.37. The molecule has 3 aromatic rings. The molecular weight excluding hydrogens is 372 g/mol. The van der Waals surface area contributed by atoms with Crippen molar-refractivity contribution in [3.05, 3.63) is 40.0 Å². The summed E-state index contributed by atoms with van der Waals surface area (Å²) in [5, 5.41) is 1.09. The lowest BCUT2D eigenvalue weighted by Gasteiger charge is -2.17. The molecule has 1 aliphatic carbocycles. The second-order valence-electron chi connectivity index (χ2n) is 7.28. The van der Waals surface area contributed by atoms with Gasteiger partial charge in [-0.05, 0) is 56.0 Å². The van der Waals surface area contributed by atoms with Crippen molar-refractivity contribution in [1.29, 1.82) is 0 Å². The number of hydrogen-bond acceptors (Lipinski definition) is 7. The van der Waals surface area contributed by atoms with Crippen LogP contribution in [0.2, 0.25) is 0 Å². The molecule has 0 amide bonds. The molecule has 6 nitrogen and oxygen atoms in total. The minimum Gasteiger partial charge on any atom is -0.493 e. The second-order valence-corrected chi connectivity index (χ2v) is 8.36. The molecule has 2 heterocycles. The Labute approximate surface area is 169 Å². The molecule has 2 aromatic heterocycles. The molecule has 0 saturated carbocycles. The Balaban J connectivity index is 1.53. The maximum Gasteiger partial charge on any atom is 0.161 e. The molecule has 4 rings (SSSR count). The standard InChI is InChI=1S/C21H26N4O2S/c1-25(11-13-8-9-15(26-2)16(10-13)27-3)12-18-23-20(22)19-14-6-4-5-7-17(14)28-21(19)24-18/h8-10H,4-7,11-12H2,1-3H3,(H2,22,23,24). The van der Waals surface area contributed by atoms with Crippen LogP contribution >= 0.6 is 11.3 Å². The number of aryl methyl sites for hydroxylation is 2. The average Bonchev–Trinajstić information content (AvgIpc) is 3.06. The van der Waals surface area contributed by atoms with E-state index in [9.17, 15) is 0 Å². The number of nitrogens with two attached hydrogens (primary N) is 1. The predicted molar refractivity (Wildman–Crippen MR) is 113 cm³/mol. The molecule has 7 heteroatoms. The Bertz CT molecular complexity index is 1000. The summed E-state index contributed by atoms with van der Waals surface area (Å²) in [7, 11) is 5.35. The van der Waals surface area contributed by atoms with Gasteiger partial charge in [-0.15, -0.1) is 11.3 Å². The molecule has 1 aromatic carbocycles. The van der Waals surface area contributed by atoms with Crippen LogP contribution in [-0.4, -0.2) is 36.1 Å². The first kappa shape index (κ1) is 19.0. The Morgan fingerprint density at radius 2 is 1.86 bits per heavy atom. The van der Waals surface area contributed by atoms with Crippen molar-refractivity contribution in [2.24, 2.45) is 0 Å². The van der Waals surface area contributed by atoms with Gasteiger partial charge in [-0.1, -0.05) is 6.07 Å². The van der Waals surface area contributed by atoms with Crippen LogP contribution in [0.3, 0.4) is 0 Å². The smallest absolute Gasteiger partial charge is 0.161 e. The van der Waals surface area contributed by atoms with E-state index in [1.165, 1.54) is 23.3 Å². The van der Waals surface area contributed by atoms with Crippen LogP contribution in [-0.2, 0) is 25.9 Å². The van der Waals surface area contributed by atoms with Crippen molar-refractivity contribution in [1.82, 2.24) is 14.9 Å². The second kappa shape index (κ2) is 7.93. The van der Waals surface area contributed by atoms with E-state index >= 15 is 0 Å². The number of nitrogen functional groups attached to an aromatic ring is 1. The number of benzene rings is 1. The van der Waals surface area contributed by atoms with E-state index in [2.05, 4.69) is 16.9 Å². The van der Waals surface area contributed by atoms with E-state index in [0.29, 0.717) is 12.4 Å². The SMILES string of the molecule is COc1ccc(CN(C)Cc2nc(N)c3c4c(sc3n2)CCCC4)cc1OC. The molecule has 0 bridgehead atoms. The number of hydrogen-bond donors (Lipinski definition) is 1. The number of thiophene rings is 1. The van der Waals surface area contributed by atoms with Gasteiger partial charge < -0.3 is 15.2 Å². The summed E-state index contributed by atoms with van der Waals surface area (Å²) in [5.74, 6) is 2.86. The highest BCUT2D eigenvalue weighted by Gasteiger charge is 2.20. The third-order valence-electron chi connectivity index (χ3n) is 5.20. The van der Waals surface area contributed by atoms with E-state index in [1.807, 2.05) is 18.2 Å². The Morgan fingerprint density at radius 1 is 1.07 bits per heavy atom. The number of nitrogens with zero attached hydrogens (tertiary/aromatic N) is 3. The molecule has 28 heavy (non-hydrogen) atoms. The van der Waals surface area contributed by atoms with Gasteiger partial charge in [0.05, 0.1) is 26.2 Å². The summed E-state index contributed by atoms with van der Waals surface area (Å²) in [5.41, 5.74) is 8.85. The quantitative estimate of drug-likeness (QED) is 0.681. The highest BCUT2D eigenvalue weighted by molar-refractivity contribution is 7.19. The monoisotopic (exact) mass is 398 g/mol. The lowest BCUT2D eigenvalue weighted by Crippen LogP contribution is -2.19. The van der Waals surface area contributed by atoms with E-state index in [-0.39, 0.29) is 0 Å². The minimum absolute atomic E-state index is 0.624. The number of anilines is 1. The van der Waals surface area contributed by atoms with Gasteiger partial charge in [-0.3, -0.25) is 4.90 Å². The van der Waals surface area contributed by atoms with Gasteiger partial charge in [0.2, 0.25) is 0 Å². The van der Waals surface area contributed by atoms with Crippen molar-refractivity contribution in [3.8, 4) is 11.5 Å². The molecular formula is C21H26N4O2S. The van der Waals surface area contributed by atoms with Crippen molar-refractivity contribution >= 4 is 27.4 Å². The lowest BCUT2D eigenvalue weighted by molar-refractivity contribution is 0.309. The molecule has 0 saturated heterocycles. The summed E-state index contributed by atoms with van der Waals surface area (Å²) in [6.45, 7) is 1.39. The molecule has 0 spiro atoms. The molecule has 0 atom stereocenters. The fraction of sp³-hybridized carbons (Fsp3) is 0.429. The maximum atomic E-state index is 6.33. The molecule has 1 aliphatic rings. The van der Waals surface area contributed by atoms with Crippen LogP contribution < -0.4 is 15.2 Å². The average molecular weight is 399 g/mol. The third kappa shape index (κ3) is 3.64. The van der Waals surface area contributed by atoms with Crippen LogP contribution in [0.15, 0.2) is 18.2 Å². The van der Waals surface area contributed by atoms with Crippen LogP contribution in [0, 0.1) is 0 Å². The van der Waals surface area contributed by atoms with Crippen molar-refractivity contribution in [2.45, 2.75) is 38.8 Å². The molecule has 148 valence electrons. The third-order valence-corrected chi connectivity index (χ3v) is 6.39. The lowest BCUT2D eigenvalue weighted by atomic mass is 9.97. The summed E-state index contributed by atoms with van der Waals surface area (Å²) in [6, 6.07) is 5.98. The zero-order valence-corrected chi connectivity index (χ0v) is 17.4. The molecule has 0 unspecified atom stereocenters. The number of fused-ring (bicyclic) bond motifs is 3. The molecule has 0 aliphatic heterocycles. The Morgan fingerprint density at radius 3 is 2.64 bits per heavy atom. The first-order valence-electron chi connectivity index (χ1n) is 9.55. The molecule has 0 radical (unpaired) electrons. The normalized spacial score (nSPS) is 13.7. The van der Waals surface area contributed by atoms with E-state index in [0.717, 1.165) is 52.5 Å². The van der Waals surface area contributed by atoms with Crippen LogP contribution in [0.25, 0.3) is 10.2 Å². The van der Waals surface area contributed by atoms with Gasteiger partial charge in [0.15, 0.2) is 11.5 Å². The van der Waals surface area contributed by atoms with Gasteiger partial charge >= 0.3 is 0 Å². The van der Waals surface area contributed by atoms with E-state index in [1.54, 1.807) is 25.6 Å². The van der Waals surface area contributed by atoms with Crippen molar-refractivity contribution in [3.63, 3.8) is 0 Å². The maximum absolute atomic E-state index is 6.33. The fourth-order valence-corrected chi connectivity index (χ4v) is 5.18. The van der Waals surface area contributed by atoms with Gasteiger partial charge in [0.25, 0.3) is 0 Å². The van der Waals surface area contributed by atoms with Crippen LogP contribution in [0.4, 0.5) is 5.82 Å². The van der Waals surface area contributed by atoms with Gasteiger partial charge in [0.1, 0.15) is 16.5 Å². The number of aromatic nitrogens is 2. The summed E-state index contributed by atoms with van der Waals surface area (Å²) >= 11 is 1.79. The van der Waals surface area contributed by atoms with E-state index in [4.69, 9.17) is 20.2 Å². The number of methoxy groups -OCH3 is 2. The Hall–Kier alpha value is -2.38. The van der Waals surface area contributed by atoms with Gasteiger partial charge in [-0.2, -0.15) is 0 Å². The fourth-order valence-electron chi connectivity index (χ4n) is 3.89. The summed E-state index contributed by atoms with van der Waals surface area (Å²) < 4.78 is 10.7. The van der Waals surface area contributed by atoms with Gasteiger partial charge in [-0.25, -0.2) is 9.97 Å².